The minimum atomic E-state index is -4.49. The third-order valence-electron chi connectivity index (χ3n) is 3.80. The van der Waals surface area contributed by atoms with E-state index in [1.807, 2.05) is 0 Å². The maximum absolute atomic E-state index is 12.6. The normalized spacial score (nSPS) is 11.0. The van der Waals surface area contributed by atoms with Crippen LogP contribution in [0.15, 0.2) is 72.8 Å². The van der Waals surface area contributed by atoms with Crippen molar-refractivity contribution in [2.75, 3.05) is 0 Å². The van der Waals surface area contributed by atoms with E-state index in [0.717, 1.165) is 24.3 Å². The van der Waals surface area contributed by atoms with Crippen LogP contribution < -0.4 is 9.47 Å². The van der Waals surface area contributed by atoms with Crippen molar-refractivity contribution in [3.8, 4) is 17.2 Å². The molecule has 148 valence electrons. The monoisotopic (exact) mass is 402 g/mol. The molecule has 0 amide bonds. The number of carbonyl (C=O) groups is 2. The Bertz CT molecular complexity index is 1010. The lowest BCUT2D eigenvalue weighted by Gasteiger charge is -2.08. The Morgan fingerprint density at radius 3 is 1.41 bits per heavy atom. The molecule has 0 fully saturated rings. The van der Waals surface area contributed by atoms with Gasteiger partial charge >= 0.3 is 18.1 Å². The summed E-state index contributed by atoms with van der Waals surface area (Å²) in [4.78, 5) is 24.0. The van der Waals surface area contributed by atoms with E-state index in [9.17, 15) is 27.9 Å². The van der Waals surface area contributed by atoms with Gasteiger partial charge in [0.05, 0.1) is 16.7 Å². The molecule has 0 heterocycles. The van der Waals surface area contributed by atoms with Crippen molar-refractivity contribution >= 4 is 11.9 Å². The highest BCUT2D eigenvalue weighted by molar-refractivity contribution is 5.92. The summed E-state index contributed by atoms with van der Waals surface area (Å²) >= 11 is 0. The number of halogens is 3. The minimum absolute atomic E-state index is 0.0146. The molecule has 0 unspecified atom stereocenters. The van der Waals surface area contributed by atoms with Gasteiger partial charge < -0.3 is 14.6 Å². The van der Waals surface area contributed by atoms with Crippen molar-refractivity contribution in [1.82, 2.24) is 0 Å². The van der Waals surface area contributed by atoms with Gasteiger partial charge in [0, 0.05) is 0 Å². The van der Waals surface area contributed by atoms with Gasteiger partial charge in [0.15, 0.2) is 0 Å². The van der Waals surface area contributed by atoms with Gasteiger partial charge in [0.1, 0.15) is 17.2 Å². The zero-order valence-electron chi connectivity index (χ0n) is 14.6. The number of hydrogen-bond donors (Lipinski definition) is 1. The quantitative estimate of drug-likeness (QED) is 0.499. The number of alkyl halides is 3. The first-order chi connectivity index (χ1) is 13.7. The maximum atomic E-state index is 12.6. The van der Waals surface area contributed by atoms with E-state index in [1.54, 1.807) is 0 Å². The second kappa shape index (κ2) is 8.05. The summed E-state index contributed by atoms with van der Waals surface area (Å²) in [5.74, 6) is -1.13. The van der Waals surface area contributed by atoms with Crippen molar-refractivity contribution in [2.24, 2.45) is 0 Å². The summed E-state index contributed by atoms with van der Waals surface area (Å²) in [5.41, 5.74) is -0.671. The Morgan fingerprint density at radius 2 is 1.03 bits per heavy atom. The van der Waals surface area contributed by atoms with E-state index in [1.165, 1.54) is 48.5 Å². The predicted octanol–water partition coefficient (Wildman–Crippen LogP) is 4.85. The van der Waals surface area contributed by atoms with Crippen molar-refractivity contribution < 1.29 is 37.3 Å². The molecule has 0 aromatic heterocycles. The van der Waals surface area contributed by atoms with Gasteiger partial charge in [-0.15, -0.1) is 0 Å². The predicted molar refractivity (Wildman–Crippen MR) is 95.9 cm³/mol. The molecule has 0 saturated heterocycles. The van der Waals surface area contributed by atoms with E-state index < -0.39 is 23.7 Å². The number of rotatable bonds is 4. The number of benzene rings is 3. The number of carbonyl (C=O) groups excluding carboxylic acids is 2. The Hall–Kier alpha value is -3.81. The standard InChI is InChI=1S/C21H13F3O5/c22-21(23,24)15-5-1-13(2-6-15)19(26)28-17-9-11-18(12-10-17)29-20(27)14-3-7-16(25)8-4-14/h1-12,25H. The number of phenols is 1. The summed E-state index contributed by atoms with van der Waals surface area (Å²) in [5, 5.41) is 9.22. The molecule has 3 aromatic rings. The molecular weight excluding hydrogens is 389 g/mol. The summed E-state index contributed by atoms with van der Waals surface area (Å²) in [6.45, 7) is 0. The molecule has 3 aromatic carbocycles. The fourth-order valence-corrected chi connectivity index (χ4v) is 2.30. The van der Waals surface area contributed by atoms with Crippen molar-refractivity contribution in [3.05, 3.63) is 89.5 Å². The minimum Gasteiger partial charge on any atom is -0.508 e. The van der Waals surface area contributed by atoms with Crippen LogP contribution in [0.2, 0.25) is 0 Å². The zero-order valence-corrected chi connectivity index (χ0v) is 14.6. The molecule has 0 aliphatic heterocycles. The van der Waals surface area contributed by atoms with Gasteiger partial charge in [0.2, 0.25) is 0 Å². The SMILES string of the molecule is O=C(Oc1ccc(OC(=O)c2ccc(C(F)(F)F)cc2)cc1)c1ccc(O)cc1. The van der Waals surface area contributed by atoms with Crippen LogP contribution in [-0.2, 0) is 6.18 Å². The van der Waals surface area contributed by atoms with E-state index in [4.69, 9.17) is 9.47 Å². The molecule has 8 heteroatoms. The third-order valence-corrected chi connectivity index (χ3v) is 3.80. The molecule has 0 atom stereocenters. The van der Waals surface area contributed by atoms with Gasteiger partial charge in [-0.05, 0) is 72.8 Å². The highest BCUT2D eigenvalue weighted by Crippen LogP contribution is 2.29. The average molecular weight is 402 g/mol. The molecule has 3 rings (SSSR count). The lowest BCUT2D eigenvalue weighted by molar-refractivity contribution is -0.137. The van der Waals surface area contributed by atoms with E-state index in [0.29, 0.717) is 0 Å². The summed E-state index contributed by atoms with van der Waals surface area (Å²) in [7, 11) is 0. The lowest BCUT2D eigenvalue weighted by Crippen LogP contribution is -2.10. The van der Waals surface area contributed by atoms with Crippen LogP contribution in [0.3, 0.4) is 0 Å². The molecule has 0 radical (unpaired) electrons. The number of aromatic hydroxyl groups is 1. The second-order valence-electron chi connectivity index (χ2n) is 5.87. The molecule has 29 heavy (non-hydrogen) atoms. The molecule has 0 aliphatic rings. The highest BCUT2D eigenvalue weighted by atomic mass is 19.4. The second-order valence-corrected chi connectivity index (χ2v) is 5.87. The summed E-state index contributed by atoms with van der Waals surface area (Å²) < 4.78 is 47.9. The fourth-order valence-electron chi connectivity index (χ4n) is 2.30. The van der Waals surface area contributed by atoms with E-state index >= 15 is 0 Å². The van der Waals surface area contributed by atoms with Crippen molar-refractivity contribution in [1.29, 1.82) is 0 Å². The highest BCUT2D eigenvalue weighted by Gasteiger charge is 2.30. The molecule has 1 N–H and O–H groups in total. The maximum Gasteiger partial charge on any atom is 0.416 e. The van der Waals surface area contributed by atoms with Gasteiger partial charge in [0.25, 0.3) is 0 Å². The van der Waals surface area contributed by atoms with Gasteiger partial charge in [-0.1, -0.05) is 0 Å². The molecular formula is C21H13F3O5. The molecule has 0 spiro atoms. The lowest BCUT2D eigenvalue weighted by atomic mass is 10.1. The Kier molecular flexibility index (Phi) is 5.54. The number of hydrogen-bond acceptors (Lipinski definition) is 5. The topological polar surface area (TPSA) is 72.8 Å². The summed E-state index contributed by atoms with van der Waals surface area (Å²) in [6.07, 6.45) is -4.49. The fraction of sp³-hybridized carbons (Fsp3) is 0.0476. The largest absolute Gasteiger partial charge is 0.508 e. The van der Waals surface area contributed by atoms with Crippen LogP contribution in [0, 0.1) is 0 Å². The van der Waals surface area contributed by atoms with Crippen LogP contribution >= 0.6 is 0 Å². The van der Waals surface area contributed by atoms with Gasteiger partial charge in [-0.3, -0.25) is 0 Å². The zero-order chi connectivity index (χ0) is 21.0. The third kappa shape index (κ3) is 5.13. The van der Waals surface area contributed by atoms with Crippen LogP contribution in [0.5, 0.6) is 17.2 Å². The first-order valence-electron chi connectivity index (χ1n) is 8.23. The van der Waals surface area contributed by atoms with E-state index in [2.05, 4.69) is 0 Å². The number of ether oxygens (including phenoxy) is 2. The van der Waals surface area contributed by atoms with Gasteiger partial charge in [-0.2, -0.15) is 13.2 Å². The van der Waals surface area contributed by atoms with Gasteiger partial charge in [-0.25, -0.2) is 9.59 Å². The Labute approximate surface area is 162 Å². The first kappa shape index (κ1) is 19.9. The van der Waals surface area contributed by atoms with E-state index in [-0.39, 0.29) is 28.4 Å². The van der Waals surface area contributed by atoms with Crippen LogP contribution in [0.4, 0.5) is 13.2 Å². The Morgan fingerprint density at radius 1 is 0.655 bits per heavy atom. The van der Waals surface area contributed by atoms with Crippen LogP contribution in [0.25, 0.3) is 0 Å². The molecule has 5 nitrogen and oxygen atoms in total. The average Bonchev–Trinajstić information content (AvgIpc) is 2.69. The molecule has 0 saturated carbocycles. The van der Waals surface area contributed by atoms with Crippen molar-refractivity contribution in [3.63, 3.8) is 0 Å². The summed E-state index contributed by atoms with van der Waals surface area (Å²) in [6, 6.07) is 14.7. The Balaban J connectivity index is 1.62. The molecule has 0 aliphatic carbocycles. The number of esters is 2. The molecule has 0 bridgehead atoms. The van der Waals surface area contributed by atoms with Crippen LogP contribution in [0.1, 0.15) is 26.3 Å². The first-order valence-corrected chi connectivity index (χ1v) is 8.23. The van der Waals surface area contributed by atoms with Crippen molar-refractivity contribution in [2.45, 2.75) is 6.18 Å². The smallest absolute Gasteiger partial charge is 0.416 e. The van der Waals surface area contributed by atoms with Crippen LogP contribution in [-0.4, -0.2) is 17.0 Å². The number of phenolic OH excluding ortho intramolecular Hbond substituents is 1.